The first kappa shape index (κ1) is 14.3. The number of aromatic nitrogens is 5. The summed E-state index contributed by atoms with van der Waals surface area (Å²) in [5.74, 6) is 0.521. The monoisotopic (exact) mass is 331 g/mol. The van der Waals surface area contributed by atoms with Gasteiger partial charge in [-0.1, -0.05) is 0 Å². The first-order chi connectivity index (χ1) is 12.1. The van der Waals surface area contributed by atoms with Gasteiger partial charge in [-0.3, -0.25) is 19.0 Å². The van der Waals surface area contributed by atoms with Gasteiger partial charge < -0.3 is 0 Å². The predicted molar refractivity (Wildman–Crippen MR) is 96.1 cm³/mol. The summed E-state index contributed by atoms with van der Waals surface area (Å²) >= 11 is 0. The fraction of sp³-hybridized carbons (Fsp3) is 0.263. The summed E-state index contributed by atoms with van der Waals surface area (Å²) in [4.78, 5) is 22.4. The Bertz CT molecular complexity index is 1200. The molecular weight excluding hydrogens is 314 g/mol. The highest BCUT2D eigenvalue weighted by Gasteiger charge is 2.26. The van der Waals surface area contributed by atoms with Gasteiger partial charge in [0.05, 0.1) is 11.4 Å². The molecule has 0 bridgehead atoms. The van der Waals surface area contributed by atoms with Gasteiger partial charge in [-0.2, -0.15) is 5.10 Å². The van der Waals surface area contributed by atoms with E-state index >= 15 is 0 Å². The maximum absolute atomic E-state index is 13.2. The van der Waals surface area contributed by atoms with Crippen molar-refractivity contribution in [3.8, 4) is 5.69 Å². The van der Waals surface area contributed by atoms with E-state index in [0.717, 1.165) is 27.8 Å². The first-order valence-electron chi connectivity index (χ1n) is 8.44. The molecule has 1 aliphatic rings. The molecule has 0 saturated heterocycles. The van der Waals surface area contributed by atoms with Crippen LogP contribution >= 0.6 is 0 Å². The van der Waals surface area contributed by atoms with Crippen LogP contribution in [0.2, 0.25) is 0 Å². The summed E-state index contributed by atoms with van der Waals surface area (Å²) < 4.78 is 3.35. The van der Waals surface area contributed by atoms with Crippen LogP contribution < -0.4 is 5.56 Å². The van der Waals surface area contributed by atoms with Crippen molar-refractivity contribution >= 4 is 21.9 Å². The van der Waals surface area contributed by atoms with E-state index in [1.54, 1.807) is 15.4 Å². The Kier molecular flexibility index (Phi) is 2.86. The van der Waals surface area contributed by atoms with Gasteiger partial charge in [-0.05, 0) is 44.0 Å². The zero-order valence-electron chi connectivity index (χ0n) is 14.1. The Balaban J connectivity index is 1.98. The molecule has 4 heterocycles. The largest absolute Gasteiger partial charge is 0.285 e. The molecule has 5 rings (SSSR count). The molecule has 0 amide bonds. The van der Waals surface area contributed by atoms with E-state index in [2.05, 4.69) is 22.2 Å². The summed E-state index contributed by atoms with van der Waals surface area (Å²) in [6.45, 7) is 1.90. The van der Waals surface area contributed by atoms with Crippen molar-refractivity contribution in [3.05, 3.63) is 58.4 Å². The molecule has 4 aromatic heterocycles. The van der Waals surface area contributed by atoms with E-state index in [-0.39, 0.29) is 5.56 Å². The van der Waals surface area contributed by atoms with E-state index < -0.39 is 0 Å². The smallest absolute Gasteiger partial charge is 0.274 e. The van der Waals surface area contributed by atoms with Crippen molar-refractivity contribution in [2.24, 2.45) is 7.05 Å². The average molecular weight is 331 g/mol. The molecule has 124 valence electrons. The molecular formula is C19H17N5O. The Morgan fingerprint density at radius 2 is 2.00 bits per heavy atom. The number of hydrogen-bond acceptors (Lipinski definition) is 4. The molecule has 0 unspecified atom stereocenters. The van der Waals surface area contributed by atoms with E-state index in [1.807, 2.05) is 32.3 Å². The molecule has 4 aromatic rings. The van der Waals surface area contributed by atoms with E-state index in [9.17, 15) is 4.79 Å². The van der Waals surface area contributed by atoms with Crippen LogP contribution in [-0.2, 0) is 7.05 Å². The first-order valence-corrected chi connectivity index (χ1v) is 8.44. The minimum absolute atomic E-state index is 0.153. The van der Waals surface area contributed by atoms with Crippen LogP contribution in [0.25, 0.3) is 27.6 Å². The third-order valence-electron chi connectivity index (χ3n) is 4.85. The lowest BCUT2D eigenvalue weighted by atomic mass is 10.1. The van der Waals surface area contributed by atoms with E-state index in [1.165, 1.54) is 12.8 Å². The SMILES string of the molecule is Cc1ncccc1-n1c(=O)c2nn(C)cc2c2ccc(C3CC3)nc21. The molecule has 1 fully saturated rings. The molecule has 0 N–H and O–H groups in total. The normalized spacial score (nSPS) is 14.5. The van der Waals surface area contributed by atoms with Gasteiger partial charge in [0.25, 0.3) is 5.56 Å². The number of hydrogen-bond donors (Lipinski definition) is 0. The predicted octanol–water partition coefficient (Wildman–Crippen LogP) is 2.85. The van der Waals surface area contributed by atoms with Crippen LogP contribution in [0.15, 0.2) is 41.5 Å². The summed E-state index contributed by atoms with van der Waals surface area (Å²) in [5, 5.41) is 6.17. The number of pyridine rings is 3. The Morgan fingerprint density at radius 1 is 1.16 bits per heavy atom. The highest BCUT2D eigenvalue weighted by atomic mass is 16.1. The maximum atomic E-state index is 13.2. The molecule has 0 atom stereocenters. The van der Waals surface area contributed by atoms with Gasteiger partial charge >= 0.3 is 0 Å². The second kappa shape index (κ2) is 4.99. The van der Waals surface area contributed by atoms with Gasteiger partial charge in [0, 0.05) is 41.8 Å². The van der Waals surface area contributed by atoms with Gasteiger partial charge in [0.15, 0.2) is 5.52 Å². The molecule has 6 heteroatoms. The maximum Gasteiger partial charge on any atom is 0.285 e. The lowest BCUT2D eigenvalue weighted by molar-refractivity contribution is 0.777. The van der Waals surface area contributed by atoms with Gasteiger partial charge in [0.1, 0.15) is 5.65 Å². The zero-order chi connectivity index (χ0) is 17.1. The van der Waals surface area contributed by atoms with Crippen molar-refractivity contribution in [1.29, 1.82) is 0 Å². The third-order valence-corrected chi connectivity index (χ3v) is 4.85. The summed E-state index contributed by atoms with van der Waals surface area (Å²) in [6, 6.07) is 7.90. The van der Waals surface area contributed by atoms with Crippen molar-refractivity contribution in [2.45, 2.75) is 25.7 Å². The lowest BCUT2D eigenvalue weighted by Gasteiger charge is -2.13. The zero-order valence-corrected chi connectivity index (χ0v) is 14.1. The number of aryl methyl sites for hydroxylation is 2. The minimum atomic E-state index is -0.153. The second-order valence-corrected chi connectivity index (χ2v) is 6.70. The van der Waals surface area contributed by atoms with Crippen LogP contribution in [-0.4, -0.2) is 24.3 Å². The second-order valence-electron chi connectivity index (χ2n) is 6.70. The van der Waals surface area contributed by atoms with Crippen molar-refractivity contribution in [3.63, 3.8) is 0 Å². The van der Waals surface area contributed by atoms with Crippen molar-refractivity contribution in [1.82, 2.24) is 24.3 Å². The van der Waals surface area contributed by atoms with E-state index in [0.29, 0.717) is 17.1 Å². The standard InChI is InChI=1S/C19H17N5O/c1-11-16(4-3-9-20-11)24-18-13(7-8-15(21-18)12-5-6-12)14-10-23(2)22-17(14)19(24)25/h3-4,7-10,12H,5-6H2,1-2H3. The molecule has 1 aliphatic carbocycles. The highest BCUT2D eigenvalue weighted by molar-refractivity contribution is 6.03. The summed E-state index contributed by atoms with van der Waals surface area (Å²) in [6.07, 6.45) is 5.96. The average Bonchev–Trinajstić information content (AvgIpc) is 3.38. The van der Waals surface area contributed by atoms with Crippen LogP contribution in [0, 0.1) is 6.92 Å². The Labute approximate surface area is 143 Å². The van der Waals surface area contributed by atoms with Crippen molar-refractivity contribution in [2.75, 3.05) is 0 Å². The fourth-order valence-corrected chi connectivity index (χ4v) is 3.43. The quantitative estimate of drug-likeness (QED) is 0.566. The topological polar surface area (TPSA) is 65.6 Å². The summed E-state index contributed by atoms with van der Waals surface area (Å²) in [5.41, 5.74) is 3.60. The van der Waals surface area contributed by atoms with E-state index in [4.69, 9.17) is 4.98 Å². The lowest BCUT2D eigenvalue weighted by Crippen LogP contribution is -2.21. The Morgan fingerprint density at radius 3 is 2.76 bits per heavy atom. The van der Waals surface area contributed by atoms with Crippen molar-refractivity contribution < 1.29 is 0 Å². The summed E-state index contributed by atoms with van der Waals surface area (Å²) in [7, 11) is 1.83. The van der Waals surface area contributed by atoms with Crippen LogP contribution in [0.4, 0.5) is 0 Å². The molecule has 0 aliphatic heterocycles. The van der Waals surface area contributed by atoms with Gasteiger partial charge in [-0.25, -0.2) is 4.98 Å². The molecule has 0 aromatic carbocycles. The Hall–Kier alpha value is -3.02. The fourth-order valence-electron chi connectivity index (χ4n) is 3.43. The highest BCUT2D eigenvalue weighted by Crippen LogP contribution is 2.39. The molecule has 0 radical (unpaired) electrons. The number of fused-ring (bicyclic) bond motifs is 3. The molecule has 6 nitrogen and oxygen atoms in total. The number of nitrogens with zero attached hydrogens (tertiary/aromatic N) is 5. The van der Waals surface area contributed by atoms with Crippen LogP contribution in [0.1, 0.15) is 30.1 Å². The van der Waals surface area contributed by atoms with Crippen LogP contribution in [0.3, 0.4) is 0 Å². The van der Waals surface area contributed by atoms with Gasteiger partial charge in [-0.15, -0.1) is 0 Å². The van der Waals surface area contributed by atoms with Crippen LogP contribution in [0.5, 0.6) is 0 Å². The minimum Gasteiger partial charge on any atom is -0.274 e. The molecule has 25 heavy (non-hydrogen) atoms. The molecule has 1 saturated carbocycles. The molecule has 0 spiro atoms. The number of rotatable bonds is 2. The van der Waals surface area contributed by atoms with Gasteiger partial charge in [0.2, 0.25) is 0 Å². The third kappa shape index (κ3) is 2.10.